The van der Waals surface area contributed by atoms with E-state index < -0.39 is 11.5 Å². The van der Waals surface area contributed by atoms with Gasteiger partial charge in [-0.25, -0.2) is 0 Å². The molecular formula is C14H18BrNO2. The fraction of sp³-hybridized carbons (Fsp3) is 0.500. The van der Waals surface area contributed by atoms with Gasteiger partial charge in [0.25, 0.3) is 0 Å². The van der Waals surface area contributed by atoms with Crippen molar-refractivity contribution in [3.05, 3.63) is 28.2 Å². The maximum atomic E-state index is 9.65. The number of hydrogen-bond acceptors (Lipinski definition) is 3. The maximum Gasteiger partial charge on any atom is 0.126 e. The smallest absolute Gasteiger partial charge is 0.126 e. The minimum absolute atomic E-state index is 0.392. The molecule has 0 aliphatic heterocycles. The number of hydrogen-bond donors (Lipinski definition) is 1. The van der Waals surface area contributed by atoms with Crippen LogP contribution in [0, 0.1) is 16.7 Å². The van der Waals surface area contributed by atoms with E-state index in [2.05, 4.69) is 22.0 Å². The second-order valence-corrected chi connectivity index (χ2v) is 5.87. The molecule has 0 aliphatic rings. The maximum absolute atomic E-state index is 9.65. The number of benzene rings is 1. The predicted octanol–water partition coefficient (Wildman–Crippen LogP) is 3.82. The van der Waals surface area contributed by atoms with Gasteiger partial charge in [-0.15, -0.1) is 0 Å². The Kier molecular flexibility index (Phi) is 5.18. The summed E-state index contributed by atoms with van der Waals surface area (Å²) in [5, 5.41) is 18.6. The van der Waals surface area contributed by atoms with Gasteiger partial charge in [-0.2, -0.15) is 5.26 Å². The van der Waals surface area contributed by atoms with Gasteiger partial charge in [0.05, 0.1) is 24.2 Å². The van der Waals surface area contributed by atoms with Crippen LogP contribution < -0.4 is 4.74 Å². The van der Waals surface area contributed by atoms with Crippen LogP contribution in [0.4, 0.5) is 0 Å². The lowest BCUT2D eigenvalue weighted by molar-refractivity contribution is 0.188. The quantitative estimate of drug-likeness (QED) is 0.899. The molecule has 18 heavy (non-hydrogen) atoms. The van der Waals surface area contributed by atoms with Crippen LogP contribution in [0.25, 0.3) is 0 Å². The third-order valence-electron chi connectivity index (χ3n) is 2.71. The van der Waals surface area contributed by atoms with Crippen molar-refractivity contribution in [3.63, 3.8) is 0 Å². The van der Waals surface area contributed by atoms with Gasteiger partial charge in [0.15, 0.2) is 0 Å². The van der Waals surface area contributed by atoms with Gasteiger partial charge in [0.1, 0.15) is 5.75 Å². The van der Waals surface area contributed by atoms with Gasteiger partial charge in [0, 0.05) is 10.0 Å². The second kappa shape index (κ2) is 6.21. The monoisotopic (exact) mass is 311 g/mol. The van der Waals surface area contributed by atoms with Crippen LogP contribution in [0.3, 0.4) is 0 Å². The third kappa shape index (κ3) is 4.32. The van der Waals surface area contributed by atoms with E-state index in [1.54, 1.807) is 6.92 Å². The zero-order chi connectivity index (χ0) is 13.8. The van der Waals surface area contributed by atoms with Crippen molar-refractivity contribution < 1.29 is 9.84 Å². The van der Waals surface area contributed by atoms with E-state index in [1.807, 2.05) is 32.0 Å². The van der Waals surface area contributed by atoms with Crippen molar-refractivity contribution in [3.8, 4) is 11.8 Å². The summed E-state index contributed by atoms with van der Waals surface area (Å²) < 4.78 is 6.58. The Morgan fingerprint density at radius 2 is 2.17 bits per heavy atom. The van der Waals surface area contributed by atoms with Crippen molar-refractivity contribution in [2.24, 2.45) is 5.41 Å². The molecule has 0 spiro atoms. The summed E-state index contributed by atoms with van der Waals surface area (Å²) in [7, 11) is 0. The highest BCUT2D eigenvalue weighted by atomic mass is 79.9. The number of nitrogens with zero attached hydrogens (tertiary/aromatic N) is 1. The molecule has 1 atom stereocenters. The summed E-state index contributed by atoms with van der Waals surface area (Å²) in [4.78, 5) is 0. The highest BCUT2D eigenvalue weighted by molar-refractivity contribution is 9.10. The van der Waals surface area contributed by atoms with Gasteiger partial charge in [-0.05, 0) is 39.3 Å². The van der Waals surface area contributed by atoms with Gasteiger partial charge in [-0.3, -0.25) is 0 Å². The summed E-state index contributed by atoms with van der Waals surface area (Å²) in [5.74, 6) is 0.660. The molecule has 0 aromatic heterocycles. The van der Waals surface area contributed by atoms with Crippen molar-refractivity contribution in [1.29, 1.82) is 5.26 Å². The SMILES string of the molecule is C[C@H](O)c1ccc(Br)cc1OCCC(C)(C)C#N. The molecule has 0 heterocycles. The summed E-state index contributed by atoms with van der Waals surface area (Å²) in [6.45, 7) is 5.92. The molecule has 3 nitrogen and oxygen atoms in total. The molecule has 0 radical (unpaired) electrons. The zero-order valence-electron chi connectivity index (χ0n) is 10.9. The van der Waals surface area contributed by atoms with Crippen LogP contribution in [-0.2, 0) is 0 Å². The van der Waals surface area contributed by atoms with Gasteiger partial charge >= 0.3 is 0 Å². The second-order valence-electron chi connectivity index (χ2n) is 4.95. The van der Waals surface area contributed by atoms with Crippen LogP contribution in [0.15, 0.2) is 22.7 Å². The van der Waals surface area contributed by atoms with Gasteiger partial charge in [0.2, 0.25) is 0 Å². The molecule has 0 saturated heterocycles. The van der Waals surface area contributed by atoms with Crippen LogP contribution in [0.1, 0.15) is 38.9 Å². The molecule has 4 heteroatoms. The average molecular weight is 312 g/mol. The highest BCUT2D eigenvalue weighted by Gasteiger charge is 2.17. The summed E-state index contributed by atoms with van der Waals surface area (Å²) in [5.41, 5.74) is 0.366. The molecule has 1 rings (SSSR count). The minimum atomic E-state index is -0.572. The molecule has 0 fully saturated rings. The van der Waals surface area contributed by atoms with E-state index in [-0.39, 0.29) is 0 Å². The first-order valence-electron chi connectivity index (χ1n) is 5.87. The fourth-order valence-electron chi connectivity index (χ4n) is 1.45. The van der Waals surface area contributed by atoms with Crippen LogP contribution in [-0.4, -0.2) is 11.7 Å². The third-order valence-corrected chi connectivity index (χ3v) is 3.21. The molecule has 98 valence electrons. The summed E-state index contributed by atoms with van der Waals surface area (Å²) in [6, 6.07) is 7.77. The summed E-state index contributed by atoms with van der Waals surface area (Å²) >= 11 is 3.38. The number of aliphatic hydroxyl groups excluding tert-OH is 1. The molecule has 0 saturated carbocycles. The normalized spacial score (nSPS) is 12.9. The Morgan fingerprint density at radius 3 is 2.72 bits per heavy atom. The number of rotatable bonds is 5. The number of ether oxygens (including phenoxy) is 1. The lowest BCUT2D eigenvalue weighted by Gasteiger charge is -2.18. The van der Waals surface area contributed by atoms with E-state index in [1.165, 1.54) is 0 Å². The highest BCUT2D eigenvalue weighted by Crippen LogP contribution is 2.29. The van der Waals surface area contributed by atoms with Gasteiger partial charge in [-0.1, -0.05) is 22.0 Å². The number of nitriles is 1. The van der Waals surface area contributed by atoms with Gasteiger partial charge < -0.3 is 9.84 Å². The first kappa shape index (κ1) is 15.0. The average Bonchev–Trinajstić information content (AvgIpc) is 2.28. The largest absolute Gasteiger partial charge is 0.493 e. The Balaban J connectivity index is 2.73. The van der Waals surface area contributed by atoms with Crippen molar-refractivity contribution in [2.45, 2.75) is 33.3 Å². The van der Waals surface area contributed by atoms with Crippen molar-refractivity contribution >= 4 is 15.9 Å². The molecule has 0 bridgehead atoms. The van der Waals surface area contributed by atoms with E-state index in [0.29, 0.717) is 18.8 Å². The molecule has 0 amide bonds. The van der Waals surface area contributed by atoms with E-state index >= 15 is 0 Å². The Bertz CT molecular complexity index is 450. The van der Waals surface area contributed by atoms with E-state index in [9.17, 15) is 5.11 Å². The molecular weight excluding hydrogens is 294 g/mol. The van der Waals surface area contributed by atoms with Crippen LogP contribution >= 0.6 is 15.9 Å². The Labute approximate surface area is 117 Å². The van der Waals surface area contributed by atoms with E-state index in [4.69, 9.17) is 10.00 Å². The first-order chi connectivity index (χ1) is 8.35. The Morgan fingerprint density at radius 1 is 1.50 bits per heavy atom. The molecule has 0 unspecified atom stereocenters. The topological polar surface area (TPSA) is 53.2 Å². The number of halogens is 1. The van der Waals surface area contributed by atoms with E-state index in [0.717, 1.165) is 10.0 Å². The predicted molar refractivity (Wildman–Crippen MR) is 74.3 cm³/mol. The molecule has 0 aliphatic carbocycles. The number of aliphatic hydroxyl groups is 1. The van der Waals surface area contributed by atoms with Crippen molar-refractivity contribution in [1.82, 2.24) is 0 Å². The molecule has 1 aromatic rings. The standard InChI is InChI=1S/C14H18BrNO2/c1-10(17)12-5-4-11(15)8-13(12)18-7-6-14(2,3)9-16/h4-5,8,10,17H,6-7H2,1-3H3/t10-/m0/s1. The Hall–Kier alpha value is -1.05. The zero-order valence-corrected chi connectivity index (χ0v) is 12.5. The molecule has 1 N–H and O–H groups in total. The summed E-state index contributed by atoms with van der Waals surface area (Å²) in [6.07, 6.45) is 0.0759. The lowest BCUT2D eigenvalue weighted by atomic mass is 9.92. The lowest BCUT2D eigenvalue weighted by Crippen LogP contribution is -2.13. The van der Waals surface area contributed by atoms with Crippen LogP contribution in [0.2, 0.25) is 0 Å². The first-order valence-corrected chi connectivity index (χ1v) is 6.66. The van der Waals surface area contributed by atoms with Crippen LogP contribution in [0.5, 0.6) is 5.75 Å². The molecule has 1 aromatic carbocycles. The van der Waals surface area contributed by atoms with Crippen molar-refractivity contribution in [2.75, 3.05) is 6.61 Å². The fourth-order valence-corrected chi connectivity index (χ4v) is 1.79. The minimum Gasteiger partial charge on any atom is -0.493 e.